The number of nitrogens with zero attached hydrogens (tertiary/aromatic N) is 3. The van der Waals surface area contributed by atoms with Gasteiger partial charge in [0, 0.05) is 83.9 Å². The number of hydrogen-bond donors (Lipinski definition) is 3. The maximum Gasteiger partial charge on any atom is 0.339 e. The van der Waals surface area contributed by atoms with Gasteiger partial charge in [-0.3, -0.25) is 9.59 Å². The predicted octanol–water partition coefficient (Wildman–Crippen LogP) is 11.7. The van der Waals surface area contributed by atoms with Gasteiger partial charge in [0.15, 0.2) is 11.6 Å². The van der Waals surface area contributed by atoms with Crippen molar-refractivity contribution in [3.63, 3.8) is 0 Å². The predicted molar refractivity (Wildman–Crippen MR) is 296 cm³/mol. The van der Waals surface area contributed by atoms with Crippen molar-refractivity contribution in [1.29, 1.82) is 0 Å². The second kappa shape index (κ2) is 22.4. The Hall–Kier alpha value is -9.61. The number of benzene rings is 7. The summed E-state index contributed by atoms with van der Waals surface area (Å²) in [5, 5.41) is 46.1. The third kappa shape index (κ3) is 11.1. The summed E-state index contributed by atoms with van der Waals surface area (Å²) in [6.07, 6.45) is 10.0. The Bertz CT molecular complexity index is 3690. The Kier molecular flexibility index (Phi) is 15.5. The van der Waals surface area contributed by atoms with Crippen LogP contribution in [0.5, 0.6) is 11.5 Å². The largest absolute Gasteiger partial charge is 0.872 e. The molecule has 0 radical (unpaired) electrons. The summed E-state index contributed by atoms with van der Waals surface area (Å²) in [7, 11) is 6.28. The number of allylic oxidation sites excluding steroid dienone is 5. The molecule has 0 bridgehead atoms. The molecule has 1 aliphatic carbocycles. The van der Waals surface area contributed by atoms with Gasteiger partial charge in [-0.2, -0.15) is 4.57 Å². The number of fused-ring (bicyclic) bond motifs is 3. The highest BCUT2D eigenvalue weighted by Crippen LogP contribution is 2.38. The fraction of sp³-hybridized carbons (Fsp3) is 0.109. The van der Waals surface area contributed by atoms with Crippen LogP contribution in [-0.2, 0) is 23.1 Å². The van der Waals surface area contributed by atoms with Crippen molar-refractivity contribution in [3.8, 4) is 17.2 Å². The number of phenols is 1. The molecule has 11 nitrogen and oxygen atoms in total. The van der Waals surface area contributed by atoms with Gasteiger partial charge >= 0.3 is 11.9 Å². The van der Waals surface area contributed by atoms with E-state index in [0.29, 0.717) is 27.1 Å². The number of anilines is 1. The van der Waals surface area contributed by atoms with Crippen LogP contribution < -0.4 is 14.6 Å². The molecule has 2 heterocycles. The van der Waals surface area contributed by atoms with Gasteiger partial charge in [-0.05, 0) is 125 Å². The first kappa shape index (κ1) is 51.7. The van der Waals surface area contributed by atoms with E-state index in [1.807, 2.05) is 30.3 Å². The lowest BCUT2D eigenvalue weighted by atomic mass is 9.86. The molecule has 0 aliphatic heterocycles. The minimum Gasteiger partial charge on any atom is -0.872 e. The zero-order valence-electron chi connectivity index (χ0n) is 42.2. The van der Waals surface area contributed by atoms with E-state index < -0.39 is 23.4 Å². The molecule has 374 valence electrons. The number of pyridine rings is 1. The summed E-state index contributed by atoms with van der Waals surface area (Å²) in [5.74, 6) is -4.21. The van der Waals surface area contributed by atoms with E-state index in [2.05, 4.69) is 134 Å². The van der Waals surface area contributed by atoms with E-state index in [0.717, 1.165) is 5.56 Å². The van der Waals surface area contributed by atoms with E-state index >= 15 is 0 Å². The third-order valence-corrected chi connectivity index (χ3v) is 13.4. The van der Waals surface area contributed by atoms with Crippen LogP contribution in [0.25, 0.3) is 50.3 Å². The molecule has 0 spiro atoms. The van der Waals surface area contributed by atoms with Crippen LogP contribution in [0.3, 0.4) is 0 Å². The van der Waals surface area contributed by atoms with E-state index in [-0.39, 0.29) is 46.2 Å². The summed E-state index contributed by atoms with van der Waals surface area (Å²) in [5.41, 5.74) is 9.85. The molecule has 10 rings (SSSR count). The summed E-state index contributed by atoms with van der Waals surface area (Å²) in [6.45, 7) is 8.09. The van der Waals surface area contributed by atoms with Crippen molar-refractivity contribution >= 4 is 73.8 Å². The molecule has 11 heteroatoms. The van der Waals surface area contributed by atoms with Gasteiger partial charge in [0.1, 0.15) is 18.4 Å². The highest BCUT2D eigenvalue weighted by molar-refractivity contribution is 6.18. The number of rotatable bonds is 11. The number of carboxylic acids is 2. The number of ketones is 2. The number of carbonyl (C=O) groups is 4. The molecule has 75 heavy (non-hydrogen) atoms. The molecule has 0 saturated heterocycles. The first-order valence-corrected chi connectivity index (χ1v) is 24.2. The molecule has 0 amide bonds. The number of hydrogen-bond acceptors (Lipinski definition) is 7. The average molecular weight is 994 g/mol. The van der Waals surface area contributed by atoms with Gasteiger partial charge in [0.25, 0.3) is 0 Å². The number of aromatic hydroxyl groups is 1. The Labute approximate surface area is 434 Å². The number of carbonyl (C=O) groups excluding carboxylic acids is 2. The van der Waals surface area contributed by atoms with Gasteiger partial charge in [0.2, 0.25) is 11.2 Å². The normalized spacial score (nSPS) is 12.5. The fourth-order valence-electron chi connectivity index (χ4n) is 9.50. The third-order valence-electron chi connectivity index (χ3n) is 13.4. The van der Waals surface area contributed by atoms with Crippen LogP contribution in [0.4, 0.5) is 5.69 Å². The number of aromatic nitrogens is 2. The van der Waals surface area contributed by atoms with E-state index in [9.17, 15) is 39.6 Å². The molecule has 7 aromatic carbocycles. The van der Waals surface area contributed by atoms with Crippen LogP contribution in [-0.4, -0.2) is 57.5 Å². The number of aryl methyl sites for hydroxylation is 2. The van der Waals surface area contributed by atoms with Gasteiger partial charge in [-0.1, -0.05) is 109 Å². The highest BCUT2D eigenvalue weighted by atomic mass is 16.4. The minimum absolute atomic E-state index is 0.103. The van der Waals surface area contributed by atoms with Crippen molar-refractivity contribution in [2.45, 2.75) is 26.2 Å². The lowest BCUT2D eigenvalue weighted by Gasteiger charge is -2.21. The smallest absolute Gasteiger partial charge is 0.339 e. The zero-order valence-corrected chi connectivity index (χ0v) is 42.2. The summed E-state index contributed by atoms with van der Waals surface area (Å²) < 4.78 is 4.56. The Morgan fingerprint density at radius 3 is 1.93 bits per heavy atom. The first-order valence-electron chi connectivity index (χ1n) is 24.2. The topological polar surface area (TPSA) is 164 Å². The van der Waals surface area contributed by atoms with E-state index in [1.165, 1.54) is 75.3 Å². The van der Waals surface area contributed by atoms with E-state index in [1.54, 1.807) is 54.6 Å². The van der Waals surface area contributed by atoms with E-state index in [4.69, 9.17) is 0 Å². The molecular weight excluding hydrogens is 939 g/mol. The Morgan fingerprint density at radius 1 is 0.707 bits per heavy atom. The second-order valence-electron chi connectivity index (χ2n) is 18.3. The van der Waals surface area contributed by atoms with Crippen molar-refractivity contribution in [1.82, 2.24) is 4.57 Å². The zero-order chi connectivity index (χ0) is 53.5. The molecular formula is C64H55N3O8. The van der Waals surface area contributed by atoms with Crippen molar-refractivity contribution in [2.75, 3.05) is 19.0 Å². The van der Waals surface area contributed by atoms with Gasteiger partial charge in [0.05, 0.1) is 5.56 Å². The molecule has 0 fully saturated rings. The average Bonchev–Trinajstić information content (AvgIpc) is 3.70. The first-order chi connectivity index (χ1) is 36.1. The summed E-state index contributed by atoms with van der Waals surface area (Å²) in [4.78, 5) is 48.4. The summed E-state index contributed by atoms with van der Waals surface area (Å²) in [6, 6.07) is 49.8. The molecule has 1 unspecified atom stereocenters. The maximum absolute atomic E-state index is 12.9. The van der Waals surface area contributed by atoms with Crippen LogP contribution in [0.15, 0.2) is 194 Å². The Balaban J connectivity index is 0.000000155. The van der Waals surface area contributed by atoms with Crippen molar-refractivity contribution < 1.29 is 44.2 Å². The van der Waals surface area contributed by atoms with Crippen LogP contribution in [0.2, 0.25) is 0 Å². The molecule has 3 N–H and O–H groups in total. The van der Waals surface area contributed by atoms with Gasteiger partial charge in [-0.25, -0.2) is 9.59 Å². The van der Waals surface area contributed by atoms with Crippen LogP contribution in [0, 0.1) is 13.8 Å². The Morgan fingerprint density at radius 2 is 1.31 bits per heavy atom. The molecule has 2 aromatic heterocycles. The summed E-state index contributed by atoms with van der Waals surface area (Å²) >= 11 is 0. The maximum atomic E-state index is 12.9. The van der Waals surface area contributed by atoms with Crippen molar-refractivity contribution in [2.24, 2.45) is 7.05 Å². The van der Waals surface area contributed by atoms with Crippen molar-refractivity contribution in [3.05, 3.63) is 245 Å². The highest BCUT2D eigenvalue weighted by Gasteiger charge is 2.23. The quantitative estimate of drug-likeness (QED) is 0.0650. The van der Waals surface area contributed by atoms with Crippen LogP contribution >= 0.6 is 0 Å². The van der Waals surface area contributed by atoms with Gasteiger partial charge < -0.3 is 29.9 Å². The number of aromatic carboxylic acids is 2. The monoisotopic (exact) mass is 993 g/mol. The van der Waals surface area contributed by atoms with Gasteiger partial charge in [-0.15, -0.1) is 6.58 Å². The number of carboxylic acid groups (broad SMARTS) is 2. The minimum atomic E-state index is -1.34. The van der Waals surface area contributed by atoms with Crippen LogP contribution in [0.1, 0.15) is 66.0 Å². The molecule has 1 atom stereocenters. The lowest BCUT2D eigenvalue weighted by molar-refractivity contribution is -0.646. The fourth-order valence-corrected chi connectivity index (χ4v) is 9.50. The lowest BCUT2D eigenvalue weighted by Crippen LogP contribution is -2.32. The second-order valence-corrected chi connectivity index (χ2v) is 18.3. The number of para-hydroxylation sites is 1. The standard InChI is InChI=1S/C26H28N3.C23H16O6.C15H12O2/c1-19-17-21(20(2)29(19)24-9-7-6-8-10-24)11-13-23-14-12-22-18-25(27(3)4)15-16-26(22)28(23)5;24-20-16(14-7-3-1-5-12(14)9-18(20)22(26)27)11-17-15-8-4-2-6-13(15)10-19(21(17)25)23(28)29;1-2-13(11-6-4-3-5-7-11)14-10-12(16)8-9-15(14)17/h6-18H,1-5H3;1-10,24-25H,11H2,(H,26,27)(H,28,29);2-10,13H,1H2/q+1;;/p-1. The molecule has 0 saturated carbocycles. The molecule has 9 aromatic rings. The SMILES string of the molecule is C=CC(C1=CC(=O)C=CC1=O)c1ccccc1.Cc1cc(C=Cc2ccc3cc(N(C)C)ccc3[n+]2C)c(C)n1-c1ccccc1.O=C(O)c1cc2ccccc2c(Cc2c(O)c(C(=O)O)cc3ccccc23)c1[O-]. The molecule has 1 aliphatic rings.